The Hall–Kier alpha value is -1.81. The zero-order valence-corrected chi connectivity index (χ0v) is 14.5. The zero-order chi connectivity index (χ0) is 16.1. The molecule has 1 amide bonds. The van der Waals surface area contributed by atoms with E-state index in [-0.39, 0.29) is 5.91 Å². The normalized spacial score (nSPS) is 15.3. The molecule has 1 aliphatic carbocycles. The third-order valence-corrected chi connectivity index (χ3v) is 4.99. The molecule has 0 bridgehead atoms. The van der Waals surface area contributed by atoms with Gasteiger partial charge in [0.25, 0.3) is 0 Å². The molecule has 0 N–H and O–H groups in total. The molecule has 1 fully saturated rings. The van der Waals surface area contributed by atoms with Gasteiger partial charge >= 0.3 is 0 Å². The lowest BCUT2D eigenvalue weighted by Crippen LogP contribution is -2.37. The van der Waals surface area contributed by atoms with Gasteiger partial charge in [-0.3, -0.25) is 4.79 Å². The van der Waals surface area contributed by atoms with Crippen LogP contribution in [0.4, 0.5) is 0 Å². The van der Waals surface area contributed by atoms with Gasteiger partial charge in [0.15, 0.2) is 0 Å². The smallest absolute Gasteiger partial charge is 0.247 e. The predicted molar refractivity (Wildman–Crippen MR) is 94.7 cm³/mol. The van der Waals surface area contributed by atoms with Crippen LogP contribution in [0.3, 0.4) is 0 Å². The van der Waals surface area contributed by atoms with Crippen molar-refractivity contribution in [3.63, 3.8) is 0 Å². The summed E-state index contributed by atoms with van der Waals surface area (Å²) in [6.07, 6.45) is 9.74. The number of rotatable bonds is 5. The minimum Gasteiger partial charge on any atom is -0.467 e. The summed E-state index contributed by atoms with van der Waals surface area (Å²) in [6.45, 7) is 0.538. The highest BCUT2D eigenvalue weighted by molar-refractivity contribution is 9.10. The Kier molecular flexibility index (Phi) is 5.34. The van der Waals surface area contributed by atoms with E-state index in [1.807, 2.05) is 47.4 Å². The molecule has 1 heterocycles. The number of halogens is 1. The fourth-order valence-electron chi connectivity index (χ4n) is 3.04. The van der Waals surface area contributed by atoms with Crippen LogP contribution in [0.5, 0.6) is 0 Å². The number of furan rings is 1. The van der Waals surface area contributed by atoms with Gasteiger partial charge in [-0.05, 0) is 42.7 Å². The van der Waals surface area contributed by atoms with Crippen molar-refractivity contribution in [3.05, 3.63) is 64.5 Å². The van der Waals surface area contributed by atoms with Crippen LogP contribution in [-0.2, 0) is 11.3 Å². The third kappa shape index (κ3) is 4.14. The molecule has 1 aromatic heterocycles. The molecule has 0 unspecified atom stereocenters. The highest BCUT2D eigenvalue weighted by atomic mass is 79.9. The highest BCUT2D eigenvalue weighted by Crippen LogP contribution is 2.26. The number of hydrogen-bond acceptors (Lipinski definition) is 2. The lowest BCUT2D eigenvalue weighted by Gasteiger charge is -2.27. The van der Waals surface area contributed by atoms with Gasteiger partial charge in [0, 0.05) is 16.6 Å². The summed E-state index contributed by atoms with van der Waals surface area (Å²) in [6, 6.07) is 12.0. The zero-order valence-electron chi connectivity index (χ0n) is 13.0. The summed E-state index contributed by atoms with van der Waals surface area (Å²) in [5.41, 5.74) is 1.00. The largest absolute Gasteiger partial charge is 0.467 e. The van der Waals surface area contributed by atoms with Crippen molar-refractivity contribution in [3.8, 4) is 0 Å². The average molecular weight is 374 g/mol. The molecule has 3 rings (SSSR count). The quantitative estimate of drug-likeness (QED) is 0.688. The molecular weight excluding hydrogens is 354 g/mol. The van der Waals surface area contributed by atoms with Crippen LogP contribution in [0.2, 0.25) is 0 Å². The minimum absolute atomic E-state index is 0.0454. The number of benzene rings is 1. The SMILES string of the molecule is O=C(/C=C\c1ccccc1Br)N(Cc1ccco1)C1CCCC1. The van der Waals surface area contributed by atoms with Crippen LogP contribution in [0.25, 0.3) is 6.08 Å². The summed E-state index contributed by atoms with van der Waals surface area (Å²) < 4.78 is 6.42. The van der Waals surface area contributed by atoms with Crippen molar-refractivity contribution in [1.82, 2.24) is 4.90 Å². The first kappa shape index (κ1) is 16.1. The molecule has 23 heavy (non-hydrogen) atoms. The average Bonchev–Trinajstić information content (AvgIpc) is 3.25. The van der Waals surface area contributed by atoms with Gasteiger partial charge in [-0.1, -0.05) is 47.0 Å². The Balaban J connectivity index is 1.75. The van der Waals surface area contributed by atoms with Crippen molar-refractivity contribution in [2.24, 2.45) is 0 Å². The van der Waals surface area contributed by atoms with E-state index in [0.29, 0.717) is 12.6 Å². The molecular formula is C19H20BrNO2. The Morgan fingerprint density at radius 2 is 2.00 bits per heavy atom. The molecule has 0 atom stereocenters. The van der Waals surface area contributed by atoms with E-state index < -0.39 is 0 Å². The van der Waals surface area contributed by atoms with E-state index in [9.17, 15) is 4.79 Å². The molecule has 0 aliphatic heterocycles. The van der Waals surface area contributed by atoms with E-state index in [1.54, 1.807) is 12.3 Å². The van der Waals surface area contributed by atoms with Crippen molar-refractivity contribution >= 4 is 27.9 Å². The molecule has 4 heteroatoms. The second kappa shape index (κ2) is 7.64. The first-order chi connectivity index (χ1) is 11.2. The van der Waals surface area contributed by atoms with Gasteiger partial charge in [-0.2, -0.15) is 0 Å². The van der Waals surface area contributed by atoms with Crippen molar-refractivity contribution in [1.29, 1.82) is 0 Å². The van der Waals surface area contributed by atoms with E-state index in [2.05, 4.69) is 15.9 Å². The summed E-state index contributed by atoms with van der Waals surface area (Å²) in [5.74, 6) is 0.878. The molecule has 1 aromatic carbocycles. The number of nitrogens with zero attached hydrogens (tertiary/aromatic N) is 1. The summed E-state index contributed by atoms with van der Waals surface area (Å²) >= 11 is 3.51. The second-order valence-electron chi connectivity index (χ2n) is 5.84. The molecule has 1 saturated carbocycles. The Bertz CT molecular complexity index is 672. The molecule has 120 valence electrons. The first-order valence-electron chi connectivity index (χ1n) is 7.99. The van der Waals surface area contributed by atoms with Gasteiger partial charge in [-0.15, -0.1) is 0 Å². The number of amides is 1. The van der Waals surface area contributed by atoms with Crippen LogP contribution >= 0.6 is 15.9 Å². The standard InChI is InChI=1S/C19H20BrNO2/c20-18-10-4-1-6-15(18)11-12-19(22)21(16-7-2-3-8-16)14-17-9-5-13-23-17/h1,4-6,9-13,16H,2-3,7-8,14H2/b12-11-. The molecule has 3 nitrogen and oxygen atoms in total. The maximum Gasteiger partial charge on any atom is 0.247 e. The minimum atomic E-state index is 0.0454. The molecule has 0 saturated heterocycles. The van der Waals surface area contributed by atoms with Crippen LogP contribution in [0.1, 0.15) is 37.0 Å². The number of carbonyl (C=O) groups excluding carboxylic acids is 1. The van der Waals surface area contributed by atoms with E-state index in [0.717, 1.165) is 28.6 Å². The molecule has 0 radical (unpaired) electrons. The third-order valence-electron chi connectivity index (χ3n) is 4.27. The lowest BCUT2D eigenvalue weighted by atomic mass is 10.1. The molecule has 0 spiro atoms. The van der Waals surface area contributed by atoms with E-state index in [4.69, 9.17) is 4.42 Å². The summed E-state index contributed by atoms with van der Waals surface area (Å²) in [4.78, 5) is 14.7. The summed E-state index contributed by atoms with van der Waals surface area (Å²) in [7, 11) is 0. The van der Waals surface area contributed by atoms with Gasteiger partial charge < -0.3 is 9.32 Å². The predicted octanol–water partition coefficient (Wildman–Crippen LogP) is 5.03. The molecule has 2 aromatic rings. The van der Waals surface area contributed by atoms with Crippen molar-refractivity contribution < 1.29 is 9.21 Å². The second-order valence-corrected chi connectivity index (χ2v) is 6.69. The van der Waals surface area contributed by atoms with Crippen molar-refractivity contribution in [2.75, 3.05) is 0 Å². The van der Waals surface area contributed by atoms with Crippen LogP contribution in [0, 0.1) is 0 Å². The fourth-order valence-corrected chi connectivity index (χ4v) is 3.46. The Morgan fingerprint density at radius 1 is 1.22 bits per heavy atom. The van der Waals surface area contributed by atoms with Gasteiger partial charge in [0.05, 0.1) is 12.8 Å². The van der Waals surface area contributed by atoms with E-state index >= 15 is 0 Å². The Morgan fingerprint density at radius 3 is 2.70 bits per heavy atom. The Labute approximate surface area is 145 Å². The molecule has 1 aliphatic rings. The monoisotopic (exact) mass is 373 g/mol. The summed E-state index contributed by atoms with van der Waals surface area (Å²) in [5, 5.41) is 0. The maximum absolute atomic E-state index is 12.7. The first-order valence-corrected chi connectivity index (χ1v) is 8.79. The van der Waals surface area contributed by atoms with Crippen LogP contribution < -0.4 is 0 Å². The van der Waals surface area contributed by atoms with Gasteiger partial charge in [0.2, 0.25) is 5.91 Å². The van der Waals surface area contributed by atoms with Crippen LogP contribution in [-0.4, -0.2) is 16.8 Å². The maximum atomic E-state index is 12.7. The van der Waals surface area contributed by atoms with E-state index in [1.165, 1.54) is 12.8 Å². The van der Waals surface area contributed by atoms with Crippen molar-refractivity contribution in [2.45, 2.75) is 38.3 Å². The van der Waals surface area contributed by atoms with Gasteiger partial charge in [0.1, 0.15) is 5.76 Å². The lowest BCUT2D eigenvalue weighted by molar-refractivity contribution is -0.129. The van der Waals surface area contributed by atoms with Crippen LogP contribution in [0.15, 0.2) is 57.6 Å². The highest BCUT2D eigenvalue weighted by Gasteiger charge is 2.26. The fraction of sp³-hybridized carbons (Fsp3) is 0.316. The number of carbonyl (C=O) groups is 1. The number of hydrogen-bond donors (Lipinski definition) is 0. The van der Waals surface area contributed by atoms with Gasteiger partial charge in [-0.25, -0.2) is 0 Å². The topological polar surface area (TPSA) is 33.5 Å².